The average Bonchev–Trinajstić information content (AvgIpc) is 0.943. The van der Waals surface area contributed by atoms with Crippen molar-refractivity contribution in [2.75, 3.05) is 99.1 Å². The Balaban J connectivity index is 1.59. The molecule has 0 radical (unpaired) electrons. The van der Waals surface area contributed by atoms with Crippen molar-refractivity contribution in [1.82, 2.24) is 16.0 Å². The number of rotatable bonds is 40. The summed E-state index contributed by atoms with van der Waals surface area (Å²) in [5.74, 6) is -9.77. The summed E-state index contributed by atoms with van der Waals surface area (Å²) in [5, 5.41) is 7.82. The highest BCUT2D eigenvalue weighted by molar-refractivity contribution is 5.91. The van der Waals surface area contributed by atoms with Crippen molar-refractivity contribution in [1.29, 1.82) is 0 Å². The Hall–Kier alpha value is -8.63. The molecule has 3 fully saturated rings. The van der Waals surface area contributed by atoms with E-state index in [0.29, 0.717) is 0 Å². The molecule has 3 aliphatic heterocycles. The molecule has 0 bridgehead atoms. The minimum Gasteiger partial charge on any atom is -0.487 e. The summed E-state index contributed by atoms with van der Waals surface area (Å²) in [6, 6.07) is -1.11. The highest BCUT2D eigenvalue weighted by Crippen LogP contribution is 2.40. The summed E-state index contributed by atoms with van der Waals surface area (Å²) >= 11 is 0. The van der Waals surface area contributed by atoms with Crippen molar-refractivity contribution in [3.8, 4) is 17.2 Å². The number of carbonyl (C=O) groups is 13. The predicted molar refractivity (Wildman–Crippen MR) is 340 cm³/mol. The van der Waals surface area contributed by atoms with Crippen LogP contribution in [0.5, 0.6) is 17.2 Å². The van der Waals surface area contributed by atoms with Crippen LogP contribution < -0.4 is 30.2 Å². The van der Waals surface area contributed by atoms with Crippen molar-refractivity contribution in [2.24, 2.45) is 0 Å². The maximum absolute atomic E-state index is 13.8. The van der Waals surface area contributed by atoms with Crippen LogP contribution in [0.15, 0.2) is 12.1 Å². The zero-order valence-electron chi connectivity index (χ0n) is 60.2. The zero-order chi connectivity index (χ0) is 76.7. The molecule has 0 saturated carbocycles. The Labute approximate surface area is 593 Å². The van der Waals surface area contributed by atoms with Gasteiger partial charge in [0.05, 0.1) is 65.0 Å². The third kappa shape index (κ3) is 31.5. The third-order valence-corrected chi connectivity index (χ3v) is 13.8. The van der Waals surface area contributed by atoms with Gasteiger partial charge >= 0.3 is 59.7 Å². The average molecular weight is 1480 g/mol. The van der Waals surface area contributed by atoms with E-state index in [0.717, 1.165) is 62.3 Å². The van der Waals surface area contributed by atoms with Crippen LogP contribution in [0.4, 0.5) is 0 Å². The van der Waals surface area contributed by atoms with Crippen LogP contribution in [0, 0.1) is 0 Å². The largest absolute Gasteiger partial charge is 0.487 e. The van der Waals surface area contributed by atoms with Crippen LogP contribution in [0.1, 0.15) is 114 Å². The first kappa shape index (κ1) is 86.8. The molecule has 3 aliphatic rings. The minimum atomic E-state index is -1.40. The van der Waals surface area contributed by atoms with Crippen molar-refractivity contribution >= 4 is 77.4 Å². The standard InChI is InChI=1S/C65H95N3O35/c1-33(69)66-51-58(97-42(10)78)55(94-39(7)75)48(30-91-36(4)72)100-62(51)88-25-19-82-16-22-85-46-28-45(61(81)103-65(13,14)15)29-47(86-23-17-83-20-26-89-63-52(67-34(2)70)59(98-43(11)79)56(95-40(8)76)49(101-63)31-92-37(5)73)54(46)87-24-18-84-21-27-90-64-53(68-35(3)71)60(99-44(12)80)57(96-41(9)77)50(102-64)32-93-38(6)74/h28-29,48-53,55-60,62-64H,16-27,30-32H2,1-15H3,(H,66,69)(H,67,70)(H,68,71)/t48-,49-,50-,51-,52-,53-,55+,56+,57+,58-,59-,60?,62-,63-,64-/m1/s1. The summed E-state index contributed by atoms with van der Waals surface area (Å²) < 4.78 is 127. The molecule has 3 saturated heterocycles. The van der Waals surface area contributed by atoms with E-state index in [-0.39, 0.29) is 102 Å². The Morgan fingerprint density at radius 2 is 0.612 bits per heavy atom. The van der Waals surface area contributed by atoms with Crippen LogP contribution in [-0.2, 0) is 148 Å². The first-order valence-corrected chi connectivity index (χ1v) is 32.6. The highest BCUT2D eigenvalue weighted by Gasteiger charge is 2.54. The fourth-order valence-corrected chi connectivity index (χ4v) is 10.3. The van der Waals surface area contributed by atoms with Gasteiger partial charge in [-0.25, -0.2) is 4.79 Å². The molecule has 1 unspecified atom stereocenters. The quantitative estimate of drug-likeness (QED) is 0.0437. The normalized spacial score (nSPS) is 24.4. The van der Waals surface area contributed by atoms with Crippen molar-refractivity contribution in [3.63, 3.8) is 0 Å². The molecule has 1 aromatic rings. The molecular weight excluding hydrogens is 1380 g/mol. The van der Waals surface area contributed by atoms with Gasteiger partial charge in [-0.15, -0.1) is 0 Å². The molecule has 38 heteroatoms. The molecule has 3 amide bonds. The summed E-state index contributed by atoms with van der Waals surface area (Å²) in [6.07, 6.45) is -16.2. The van der Waals surface area contributed by atoms with Gasteiger partial charge in [0.15, 0.2) is 67.0 Å². The van der Waals surface area contributed by atoms with Crippen molar-refractivity contribution < 1.29 is 167 Å². The van der Waals surface area contributed by atoms with Gasteiger partial charge in [-0.2, -0.15) is 0 Å². The lowest BCUT2D eigenvalue weighted by atomic mass is 9.96. The van der Waals surface area contributed by atoms with Crippen molar-refractivity contribution in [2.45, 2.75) is 201 Å². The van der Waals surface area contributed by atoms with Gasteiger partial charge in [0.2, 0.25) is 23.5 Å². The lowest BCUT2D eigenvalue weighted by Gasteiger charge is -2.44. The van der Waals surface area contributed by atoms with E-state index in [1.165, 1.54) is 32.9 Å². The van der Waals surface area contributed by atoms with Crippen LogP contribution in [0.25, 0.3) is 0 Å². The van der Waals surface area contributed by atoms with Gasteiger partial charge in [-0.3, -0.25) is 57.5 Å². The highest BCUT2D eigenvalue weighted by atomic mass is 16.7. The van der Waals surface area contributed by atoms with E-state index < -0.39 is 195 Å². The molecule has 38 nitrogen and oxygen atoms in total. The number of nitrogens with one attached hydrogen (secondary N) is 3. The number of ether oxygens (including phenoxy) is 22. The van der Waals surface area contributed by atoms with E-state index >= 15 is 0 Å². The van der Waals surface area contributed by atoms with E-state index in [9.17, 15) is 62.3 Å². The Morgan fingerprint density at radius 3 is 0.864 bits per heavy atom. The predicted octanol–water partition coefficient (Wildman–Crippen LogP) is -0.154. The molecule has 4 rings (SSSR count). The van der Waals surface area contributed by atoms with Gasteiger partial charge in [0.25, 0.3) is 0 Å². The first-order valence-electron chi connectivity index (χ1n) is 32.6. The van der Waals surface area contributed by atoms with Gasteiger partial charge in [0.1, 0.15) is 81.7 Å². The molecule has 1 aromatic carbocycles. The summed E-state index contributed by atoms with van der Waals surface area (Å²) in [6.45, 7) is 14.6. The number of hydrogen-bond donors (Lipinski definition) is 3. The Kier molecular flexibility index (Phi) is 36.6. The Morgan fingerprint density at radius 1 is 0.350 bits per heavy atom. The fourth-order valence-electron chi connectivity index (χ4n) is 10.3. The number of carbonyl (C=O) groups excluding carboxylic acids is 13. The molecule has 3 N–H and O–H groups in total. The van der Waals surface area contributed by atoms with Crippen LogP contribution in [0.3, 0.4) is 0 Å². The number of esters is 10. The molecule has 0 spiro atoms. The zero-order valence-corrected chi connectivity index (χ0v) is 60.2. The molecule has 15 atom stereocenters. The molecule has 580 valence electrons. The fraction of sp³-hybridized carbons (Fsp3) is 0.708. The second kappa shape index (κ2) is 43.5. The number of benzene rings is 1. The molecule has 0 aliphatic carbocycles. The van der Waals surface area contributed by atoms with E-state index in [4.69, 9.17) is 104 Å². The lowest BCUT2D eigenvalue weighted by molar-refractivity contribution is -0.279. The maximum Gasteiger partial charge on any atom is 0.338 e. The van der Waals surface area contributed by atoms with Gasteiger partial charge in [-0.1, -0.05) is 0 Å². The smallest absolute Gasteiger partial charge is 0.338 e. The first-order chi connectivity index (χ1) is 48.5. The topological polar surface area (TPSA) is 461 Å². The Bertz CT molecular complexity index is 2900. The van der Waals surface area contributed by atoms with Gasteiger partial charge < -0.3 is 120 Å². The minimum absolute atomic E-state index is 0.0653. The summed E-state index contributed by atoms with van der Waals surface area (Å²) in [4.78, 5) is 161. The monoisotopic (exact) mass is 1480 g/mol. The second-order valence-electron chi connectivity index (χ2n) is 24.0. The molecule has 103 heavy (non-hydrogen) atoms. The van der Waals surface area contributed by atoms with E-state index in [1.54, 1.807) is 20.8 Å². The maximum atomic E-state index is 13.8. The van der Waals surface area contributed by atoms with E-state index in [1.807, 2.05) is 0 Å². The van der Waals surface area contributed by atoms with Crippen LogP contribution in [-0.4, -0.2) is 274 Å². The summed E-state index contributed by atoms with van der Waals surface area (Å²) in [7, 11) is 0. The van der Waals surface area contributed by atoms with Crippen molar-refractivity contribution in [3.05, 3.63) is 17.7 Å². The molecule has 3 heterocycles. The van der Waals surface area contributed by atoms with Gasteiger partial charge in [-0.05, 0) is 32.9 Å². The molecular formula is C65H95N3O35. The third-order valence-electron chi connectivity index (χ3n) is 13.8. The lowest BCUT2D eigenvalue weighted by Crippen LogP contribution is -2.66. The molecule has 0 aromatic heterocycles. The van der Waals surface area contributed by atoms with Crippen LogP contribution in [0.2, 0.25) is 0 Å². The van der Waals surface area contributed by atoms with Gasteiger partial charge in [0, 0.05) is 83.1 Å². The van der Waals surface area contributed by atoms with Crippen LogP contribution >= 0.6 is 0 Å². The number of hydrogen-bond acceptors (Lipinski definition) is 35. The second-order valence-corrected chi connectivity index (χ2v) is 24.0. The summed E-state index contributed by atoms with van der Waals surface area (Å²) in [5.41, 5.74) is -1.06. The SMILES string of the molecule is CC(=O)N[C@H]1[C@H](OCCOCCOc2cc(C(=O)OC(C)(C)C)cc(OCCOCCO[C@@H]3O[C@H](COC(C)=O)[C@H](OC(C)=O)[C@H](OC(C)=O)[C@H]3NC(C)=O)c2OCCOCCO[C@@H]2O[C@H](COC(C)=O)[C@H](OC(C)=O)C(OC(C)=O)[C@H]2NC(C)=O)O[C@H](COC(C)=O)[C@H](OC(C)=O)[C@@H]1OC(C)=O. The van der Waals surface area contributed by atoms with E-state index in [2.05, 4.69) is 16.0 Å². The number of amides is 3.